The van der Waals surface area contributed by atoms with Gasteiger partial charge in [0.15, 0.2) is 0 Å². The molecule has 1 N–H and O–H groups in total. The summed E-state index contributed by atoms with van der Waals surface area (Å²) in [5.41, 5.74) is 1.76. The quantitative estimate of drug-likeness (QED) is 0.444. The first kappa shape index (κ1) is 21.0. The molecule has 0 saturated heterocycles. The van der Waals surface area contributed by atoms with Crippen molar-refractivity contribution in [3.63, 3.8) is 0 Å². The number of para-hydroxylation sites is 1. The molecule has 1 heterocycles. The number of anilines is 1. The van der Waals surface area contributed by atoms with Gasteiger partial charge in [-0.15, -0.1) is 0 Å². The molecule has 4 rings (SSSR count). The van der Waals surface area contributed by atoms with Crippen LogP contribution in [-0.2, 0) is 0 Å². The Morgan fingerprint density at radius 2 is 1.56 bits per heavy atom. The van der Waals surface area contributed by atoms with Gasteiger partial charge in [-0.2, -0.15) is 0 Å². The smallest absolute Gasteiger partial charge is 0.344 e. The molecule has 32 heavy (non-hydrogen) atoms. The summed E-state index contributed by atoms with van der Waals surface area (Å²) >= 11 is 0. The zero-order valence-electron chi connectivity index (χ0n) is 17.8. The highest BCUT2D eigenvalue weighted by molar-refractivity contribution is 6.06. The Balaban J connectivity index is 1.73. The van der Waals surface area contributed by atoms with Gasteiger partial charge in [-0.1, -0.05) is 24.3 Å². The highest BCUT2D eigenvalue weighted by atomic mass is 16.5. The van der Waals surface area contributed by atoms with Crippen molar-refractivity contribution in [2.75, 3.05) is 26.6 Å². The molecule has 0 unspecified atom stereocenters. The molecule has 0 aliphatic heterocycles. The van der Waals surface area contributed by atoms with Gasteiger partial charge in [0.2, 0.25) is 0 Å². The molecule has 0 atom stereocenters. The number of nitrogens with one attached hydrogen (secondary N) is 1. The van der Waals surface area contributed by atoms with E-state index >= 15 is 0 Å². The summed E-state index contributed by atoms with van der Waals surface area (Å²) in [5.74, 6) is 1.04. The van der Waals surface area contributed by atoms with Crippen LogP contribution < -0.4 is 25.2 Å². The molecule has 0 aliphatic rings. The molecule has 4 aromatic rings. The van der Waals surface area contributed by atoms with E-state index in [1.54, 1.807) is 54.6 Å². The molecule has 0 fully saturated rings. The molecule has 162 valence electrons. The van der Waals surface area contributed by atoms with Crippen LogP contribution in [0.2, 0.25) is 0 Å². The van der Waals surface area contributed by atoms with Gasteiger partial charge in [0, 0.05) is 17.0 Å². The molecule has 1 aromatic heterocycles. The third kappa shape index (κ3) is 4.13. The lowest BCUT2D eigenvalue weighted by molar-refractivity contribution is 0.102. The zero-order chi connectivity index (χ0) is 22.7. The number of fused-ring (bicyclic) bond motifs is 1. The maximum Gasteiger partial charge on any atom is 0.344 e. The second kappa shape index (κ2) is 8.85. The van der Waals surface area contributed by atoms with E-state index in [2.05, 4.69) is 5.32 Å². The van der Waals surface area contributed by atoms with Gasteiger partial charge < -0.3 is 23.9 Å². The average Bonchev–Trinajstić information content (AvgIpc) is 2.83. The largest absolute Gasteiger partial charge is 0.497 e. The van der Waals surface area contributed by atoms with Crippen LogP contribution in [0, 0.1) is 0 Å². The standard InChI is InChI=1S/C25H21NO6/c1-29-18-10-17(11-19(14-18)30-2)24(27)26-21-13-15(8-9-23(21)31-3)20-12-16-6-4-5-7-22(16)32-25(20)28/h4-14H,1-3H3,(H,26,27). The molecule has 0 aliphatic carbocycles. The van der Waals surface area contributed by atoms with E-state index in [4.69, 9.17) is 18.6 Å². The van der Waals surface area contributed by atoms with Gasteiger partial charge >= 0.3 is 5.63 Å². The average molecular weight is 431 g/mol. The molecule has 7 heteroatoms. The number of benzene rings is 3. The van der Waals surface area contributed by atoms with Gasteiger partial charge in [-0.3, -0.25) is 4.79 Å². The lowest BCUT2D eigenvalue weighted by atomic mass is 10.0. The SMILES string of the molecule is COc1cc(OC)cc(C(=O)Nc2cc(-c3cc4ccccc4oc3=O)ccc2OC)c1. The normalized spacial score (nSPS) is 10.6. The van der Waals surface area contributed by atoms with Crippen LogP contribution in [0.4, 0.5) is 5.69 Å². The zero-order valence-corrected chi connectivity index (χ0v) is 17.8. The molecule has 7 nitrogen and oxygen atoms in total. The summed E-state index contributed by atoms with van der Waals surface area (Å²) in [6, 6.07) is 19.0. The Hall–Kier alpha value is -4.26. The number of methoxy groups -OCH3 is 3. The minimum atomic E-state index is -0.469. The van der Waals surface area contributed by atoms with Gasteiger partial charge in [0.05, 0.1) is 32.6 Å². The van der Waals surface area contributed by atoms with E-state index in [0.29, 0.717) is 45.2 Å². The molecular formula is C25H21NO6. The molecule has 0 spiro atoms. The van der Waals surface area contributed by atoms with Crippen molar-refractivity contribution in [1.29, 1.82) is 0 Å². The second-order valence-corrected chi connectivity index (χ2v) is 6.96. The number of rotatable bonds is 6. The molecular weight excluding hydrogens is 410 g/mol. The van der Waals surface area contributed by atoms with Crippen LogP contribution in [0.25, 0.3) is 22.1 Å². The van der Waals surface area contributed by atoms with Crippen molar-refractivity contribution >= 4 is 22.6 Å². The van der Waals surface area contributed by atoms with E-state index in [9.17, 15) is 9.59 Å². The van der Waals surface area contributed by atoms with Crippen LogP contribution in [-0.4, -0.2) is 27.2 Å². The summed E-state index contributed by atoms with van der Waals surface area (Å²) < 4.78 is 21.3. The molecule has 0 saturated carbocycles. The second-order valence-electron chi connectivity index (χ2n) is 6.96. The van der Waals surface area contributed by atoms with Crippen molar-refractivity contribution in [3.8, 4) is 28.4 Å². The summed E-state index contributed by atoms with van der Waals surface area (Å²) in [6.07, 6.45) is 0. The number of hydrogen-bond donors (Lipinski definition) is 1. The number of ether oxygens (including phenoxy) is 3. The number of carbonyl (C=O) groups is 1. The van der Waals surface area contributed by atoms with Crippen molar-refractivity contribution < 1.29 is 23.4 Å². The number of hydrogen-bond acceptors (Lipinski definition) is 6. The highest BCUT2D eigenvalue weighted by Gasteiger charge is 2.15. The maximum atomic E-state index is 13.0. The first-order valence-electron chi connectivity index (χ1n) is 9.78. The van der Waals surface area contributed by atoms with Gasteiger partial charge in [-0.05, 0) is 42.0 Å². The van der Waals surface area contributed by atoms with Crippen molar-refractivity contribution in [2.45, 2.75) is 0 Å². The van der Waals surface area contributed by atoms with Gasteiger partial charge in [-0.25, -0.2) is 4.79 Å². The Bertz CT molecular complexity index is 1340. The summed E-state index contributed by atoms with van der Waals surface area (Å²) in [7, 11) is 4.53. The van der Waals surface area contributed by atoms with Gasteiger partial charge in [0.1, 0.15) is 22.8 Å². The molecule has 1 amide bonds. The monoisotopic (exact) mass is 431 g/mol. The van der Waals surface area contributed by atoms with E-state index < -0.39 is 5.63 Å². The van der Waals surface area contributed by atoms with Crippen molar-refractivity contribution in [1.82, 2.24) is 0 Å². The lowest BCUT2D eigenvalue weighted by Gasteiger charge is -2.13. The predicted octanol–water partition coefficient (Wildman–Crippen LogP) is 4.74. The number of amides is 1. The Morgan fingerprint density at radius 1 is 0.844 bits per heavy atom. The fraction of sp³-hybridized carbons (Fsp3) is 0.120. The van der Waals surface area contributed by atoms with Gasteiger partial charge in [0.25, 0.3) is 5.91 Å². The maximum absolute atomic E-state index is 13.0. The van der Waals surface area contributed by atoms with Crippen molar-refractivity contribution in [2.24, 2.45) is 0 Å². The topological polar surface area (TPSA) is 87.0 Å². The lowest BCUT2D eigenvalue weighted by Crippen LogP contribution is -2.13. The fourth-order valence-electron chi connectivity index (χ4n) is 3.37. The summed E-state index contributed by atoms with van der Waals surface area (Å²) in [4.78, 5) is 25.5. The van der Waals surface area contributed by atoms with Crippen LogP contribution in [0.15, 0.2) is 75.9 Å². The molecule has 0 bridgehead atoms. The van der Waals surface area contributed by atoms with E-state index in [1.165, 1.54) is 21.3 Å². The van der Waals surface area contributed by atoms with Crippen LogP contribution >= 0.6 is 0 Å². The van der Waals surface area contributed by atoms with E-state index in [0.717, 1.165) is 5.39 Å². The third-order valence-electron chi connectivity index (χ3n) is 5.01. The van der Waals surface area contributed by atoms with Crippen LogP contribution in [0.3, 0.4) is 0 Å². The number of carbonyl (C=O) groups excluding carboxylic acids is 1. The van der Waals surface area contributed by atoms with E-state index in [1.807, 2.05) is 12.1 Å². The Kier molecular flexibility index (Phi) is 5.81. The third-order valence-corrected chi connectivity index (χ3v) is 5.01. The van der Waals surface area contributed by atoms with Crippen LogP contribution in [0.1, 0.15) is 10.4 Å². The van der Waals surface area contributed by atoms with Crippen LogP contribution in [0.5, 0.6) is 17.2 Å². The molecule has 0 radical (unpaired) electrons. The minimum Gasteiger partial charge on any atom is -0.497 e. The first-order valence-corrected chi connectivity index (χ1v) is 9.78. The molecule has 3 aromatic carbocycles. The predicted molar refractivity (Wildman–Crippen MR) is 122 cm³/mol. The summed E-state index contributed by atoms with van der Waals surface area (Å²) in [5, 5.41) is 3.64. The van der Waals surface area contributed by atoms with E-state index in [-0.39, 0.29) is 5.91 Å². The fourth-order valence-corrected chi connectivity index (χ4v) is 3.37. The highest BCUT2D eigenvalue weighted by Crippen LogP contribution is 2.31. The first-order chi connectivity index (χ1) is 15.5. The Morgan fingerprint density at radius 3 is 2.25 bits per heavy atom. The minimum absolute atomic E-state index is 0.346. The van der Waals surface area contributed by atoms with Crippen molar-refractivity contribution in [3.05, 3.63) is 82.7 Å². The Labute approximate surface area is 184 Å². The summed E-state index contributed by atoms with van der Waals surface area (Å²) in [6.45, 7) is 0.